The summed E-state index contributed by atoms with van der Waals surface area (Å²) >= 11 is 0. The van der Waals surface area contributed by atoms with E-state index in [1.165, 1.54) is 0 Å². The first-order valence-electron chi connectivity index (χ1n) is 13.2. The number of carbonyl (C=O) groups excluding carboxylic acids is 5. The van der Waals surface area contributed by atoms with Crippen LogP contribution in [-0.2, 0) is 35.3 Å². The molecule has 0 saturated heterocycles. The van der Waals surface area contributed by atoms with Gasteiger partial charge in [0, 0.05) is 6.42 Å². The number of amides is 2. The van der Waals surface area contributed by atoms with E-state index < -0.39 is 47.4 Å². The molecule has 0 aliphatic heterocycles. The van der Waals surface area contributed by atoms with Crippen molar-refractivity contribution < 1.29 is 33.4 Å². The topological polar surface area (TPSA) is 128 Å². The van der Waals surface area contributed by atoms with Crippen LogP contribution in [0.4, 0.5) is 4.79 Å². The Balaban J connectivity index is 3.00. The molecular formula is C29H44N2O7. The number of rotatable bonds is 15. The average Bonchev–Trinajstić information content (AvgIpc) is 2.80. The maximum atomic E-state index is 13.3. The molecule has 9 heteroatoms. The number of nitrogens with one attached hydrogen (secondary N) is 2. The van der Waals surface area contributed by atoms with E-state index in [1.807, 2.05) is 58.0 Å². The van der Waals surface area contributed by atoms with Gasteiger partial charge < -0.3 is 24.9 Å². The van der Waals surface area contributed by atoms with E-state index in [9.17, 15) is 24.0 Å². The van der Waals surface area contributed by atoms with E-state index in [1.54, 1.807) is 20.8 Å². The lowest BCUT2D eigenvalue weighted by molar-refractivity contribution is -0.157. The van der Waals surface area contributed by atoms with Crippen molar-refractivity contribution >= 4 is 30.0 Å². The molecule has 0 aliphatic carbocycles. The Hall–Kier alpha value is -3.23. The van der Waals surface area contributed by atoms with Crippen molar-refractivity contribution in [1.82, 2.24) is 10.6 Å². The monoisotopic (exact) mass is 532 g/mol. The van der Waals surface area contributed by atoms with Crippen molar-refractivity contribution in [2.45, 2.75) is 98.4 Å². The van der Waals surface area contributed by atoms with Crippen LogP contribution in [0.3, 0.4) is 0 Å². The molecule has 0 radical (unpaired) electrons. The molecule has 3 atom stereocenters. The Bertz CT molecular complexity index is 923. The molecule has 2 amide bonds. The van der Waals surface area contributed by atoms with Gasteiger partial charge in [-0.1, -0.05) is 58.0 Å². The highest BCUT2D eigenvalue weighted by molar-refractivity contribution is 5.93. The highest BCUT2D eigenvalue weighted by Gasteiger charge is 2.32. The lowest BCUT2D eigenvalue weighted by Gasteiger charge is -2.25. The number of aldehydes is 1. The summed E-state index contributed by atoms with van der Waals surface area (Å²) in [7, 11) is 0. The summed E-state index contributed by atoms with van der Waals surface area (Å²) in [5.41, 5.74) is 0.0321. The van der Waals surface area contributed by atoms with E-state index >= 15 is 0 Å². The van der Waals surface area contributed by atoms with Gasteiger partial charge in [0.05, 0.1) is 24.4 Å². The quantitative estimate of drug-likeness (QED) is 0.254. The van der Waals surface area contributed by atoms with Crippen LogP contribution < -0.4 is 10.6 Å². The van der Waals surface area contributed by atoms with Crippen LogP contribution in [0.15, 0.2) is 30.3 Å². The summed E-state index contributed by atoms with van der Waals surface area (Å²) < 4.78 is 10.6. The molecule has 2 N–H and O–H groups in total. The van der Waals surface area contributed by atoms with Crippen LogP contribution >= 0.6 is 0 Å². The van der Waals surface area contributed by atoms with Crippen LogP contribution in [-0.4, -0.2) is 47.7 Å². The molecule has 0 fully saturated rings. The summed E-state index contributed by atoms with van der Waals surface area (Å²) in [6.07, 6.45) is -0.00371. The van der Waals surface area contributed by atoms with Gasteiger partial charge in [0.15, 0.2) is 5.78 Å². The number of carbonyl (C=O) groups is 5. The third-order valence-electron chi connectivity index (χ3n) is 5.47. The molecular weight excluding hydrogens is 488 g/mol. The number of benzene rings is 1. The molecule has 1 aromatic rings. The van der Waals surface area contributed by atoms with Crippen LogP contribution in [0.5, 0.6) is 0 Å². The van der Waals surface area contributed by atoms with Crippen LogP contribution in [0.1, 0.15) is 79.7 Å². The highest BCUT2D eigenvalue weighted by atomic mass is 16.6. The normalized spacial score (nSPS) is 13.8. The maximum Gasteiger partial charge on any atom is 0.408 e. The minimum atomic E-state index is -1.07. The summed E-state index contributed by atoms with van der Waals surface area (Å²) in [6.45, 7) is 12.8. The number of hydrogen-bond donors (Lipinski definition) is 2. The van der Waals surface area contributed by atoms with E-state index in [4.69, 9.17) is 9.47 Å². The van der Waals surface area contributed by atoms with Crippen LogP contribution in [0, 0.1) is 17.8 Å². The zero-order valence-corrected chi connectivity index (χ0v) is 23.7. The zero-order valence-electron chi connectivity index (χ0n) is 23.7. The number of hydrogen-bond acceptors (Lipinski definition) is 7. The predicted molar refractivity (Wildman–Crippen MR) is 144 cm³/mol. The summed E-state index contributed by atoms with van der Waals surface area (Å²) in [5.74, 6) is -2.49. The first-order valence-corrected chi connectivity index (χ1v) is 13.2. The lowest BCUT2D eigenvalue weighted by Crippen LogP contribution is -2.46. The van der Waals surface area contributed by atoms with Gasteiger partial charge in [-0.15, -0.1) is 0 Å². The number of esters is 1. The largest absolute Gasteiger partial charge is 0.460 e. The number of alkyl carbamates (subject to hydrolysis) is 1. The predicted octanol–water partition coefficient (Wildman–Crippen LogP) is 4.36. The SMILES string of the molecule is CC(C)C[C@@H](C=O)NC(=O)[C@H](CC(=O)OC(C)(C)C)CC(=O)[C@H](CC(C)C)NC(=O)OCc1ccccc1. The zero-order chi connectivity index (χ0) is 28.9. The minimum Gasteiger partial charge on any atom is -0.460 e. The second-order valence-electron chi connectivity index (χ2n) is 11.4. The Morgan fingerprint density at radius 2 is 1.50 bits per heavy atom. The first kappa shape index (κ1) is 32.8. The summed E-state index contributed by atoms with van der Waals surface area (Å²) in [5, 5.41) is 5.27. The third-order valence-corrected chi connectivity index (χ3v) is 5.47. The minimum absolute atomic E-state index is 0.0435. The molecule has 9 nitrogen and oxygen atoms in total. The lowest BCUT2D eigenvalue weighted by atomic mass is 9.90. The van der Waals surface area contributed by atoms with Crippen molar-refractivity contribution in [2.24, 2.45) is 17.8 Å². The van der Waals surface area contributed by atoms with Crippen molar-refractivity contribution in [3.63, 3.8) is 0 Å². The molecule has 0 bridgehead atoms. The second-order valence-corrected chi connectivity index (χ2v) is 11.4. The Morgan fingerprint density at radius 1 is 0.895 bits per heavy atom. The molecule has 38 heavy (non-hydrogen) atoms. The van der Waals surface area contributed by atoms with Crippen LogP contribution in [0.2, 0.25) is 0 Å². The van der Waals surface area contributed by atoms with Gasteiger partial charge in [-0.25, -0.2) is 4.79 Å². The molecule has 212 valence electrons. The summed E-state index contributed by atoms with van der Waals surface area (Å²) in [6, 6.07) is 7.49. The Labute approximate surface area is 226 Å². The Morgan fingerprint density at radius 3 is 2.03 bits per heavy atom. The van der Waals surface area contributed by atoms with Crippen LogP contribution in [0.25, 0.3) is 0 Å². The smallest absolute Gasteiger partial charge is 0.408 e. The number of ether oxygens (including phenoxy) is 2. The van der Waals surface area contributed by atoms with E-state index in [0.717, 1.165) is 5.56 Å². The third kappa shape index (κ3) is 13.9. The number of Topliss-reactive ketones (excluding diaryl/α,β-unsaturated/α-hetero) is 1. The van der Waals surface area contributed by atoms with Gasteiger partial charge in [0.1, 0.15) is 18.5 Å². The molecule has 0 spiro atoms. The average molecular weight is 533 g/mol. The molecule has 1 rings (SSSR count). The maximum absolute atomic E-state index is 13.3. The number of ketones is 1. The van der Waals surface area contributed by atoms with Gasteiger partial charge in [-0.3, -0.25) is 14.4 Å². The standard InChI is InChI=1S/C29H44N2O7/c1-19(2)13-23(17-32)30-27(35)22(16-26(34)38-29(5,6)7)15-25(33)24(14-20(3)4)31-28(36)37-18-21-11-9-8-10-12-21/h8-12,17,19-20,22-24H,13-16,18H2,1-7H3,(H,30,35)(H,31,36)/t22-,23-,24-/m0/s1. The fourth-order valence-corrected chi connectivity index (χ4v) is 3.83. The van der Waals surface area contributed by atoms with Crippen molar-refractivity contribution in [1.29, 1.82) is 0 Å². The van der Waals surface area contributed by atoms with Gasteiger partial charge in [-0.05, 0) is 51.0 Å². The van der Waals surface area contributed by atoms with E-state index in [0.29, 0.717) is 19.1 Å². The molecule has 1 aromatic carbocycles. The van der Waals surface area contributed by atoms with Crippen molar-refractivity contribution in [3.05, 3.63) is 35.9 Å². The highest BCUT2D eigenvalue weighted by Crippen LogP contribution is 2.19. The molecule has 0 aliphatic rings. The van der Waals surface area contributed by atoms with Crippen molar-refractivity contribution in [2.75, 3.05) is 0 Å². The van der Waals surface area contributed by atoms with Gasteiger partial charge in [-0.2, -0.15) is 0 Å². The molecule has 0 aromatic heterocycles. The van der Waals surface area contributed by atoms with Gasteiger partial charge in [0.25, 0.3) is 0 Å². The van der Waals surface area contributed by atoms with E-state index in [2.05, 4.69) is 10.6 Å². The fraction of sp³-hybridized carbons (Fsp3) is 0.621. The van der Waals surface area contributed by atoms with Crippen molar-refractivity contribution in [3.8, 4) is 0 Å². The molecule has 0 heterocycles. The fourth-order valence-electron chi connectivity index (χ4n) is 3.83. The summed E-state index contributed by atoms with van der Waals surface area (Å²) in [4.78, 5) is 63.0. The van der Waals surface area contributed by atoms with Gasteiger partial charge >= 0.3 is 12.1 Å². The second kappa shape index (κ2) is 15.9. The van der Waals surface area contributed by atoms with E-state index in [-0.39, 0.29) is 31.3 Å². The molecule has 0 saturated carbocycles. The molecule has 0 unspecified atom stereocenters. The first-order chi connectivity index (χ1) is 17.7. The Kier molecular flexibility index (Phi) is 13.7. The van der Waals surface area contributed by atoms with Gasteiger partial charge in [0.2, 0.25) is 5.91 Å².